The van der Waals surface area contributed by atoms with Gasteiger partial charge in [-0.2, -0.15) is 5.26 Å². The van der Waals surface area contributed by atoms with E-state index in [-0.39, 0.29) is 12.5 Å². The van der Waals surface area contributed by atoms with Crippen molar-refractivity contribution in [3.63, 3.8) is 0 Å². The van der Waals surface area contributed by atoms with Gasteiger partial charge in [0.15, 0.2) is 0 Å². The van der Waals surface area contributed by atoms with Crippen LogP contribution in [0.2, 0.25) is 0 Å². The molecule has 1 rings (SSSR count). The molecule has 0 aliphatic rings. The number of amides is 1. The fourth-order valence-corrected chi connectivity index (χ4v) is 1.60. The van der Waals surface area contributed by atoms with Gasteiger partial charge in [0.25, 0.3) is 0 Å². The summed E-state index contributed by atoms with van der Waals surface area (Å²) in [6, 6.07) is 3.95. The van der Waals surface area contributed by atoms with Crippen LogP contribution in [0.1, 0.15) is 30.2 Å². The Morgan fingerprint density at radius 1 is 1.50 bits per heavy atom. The van der Waals surface area contributed by atoms with E-state index in [0.29, 0.717) is 17.9 Å². The number of anilines is 1. The number of aromatic nitrogens is 1. The number of aryl methyl sites for hydroxylation is 2. The number of hydrogen-bond donors (Lipinski definition) is 2. The van der Waals surface area contributed by atoms with Crippen LogP contribution in [0.25, 0.3) is 0 Å². The summed E-state index contributed by atoms with van der Waals surface area (Å²) < 4.78 is 0. The minimum Gasteiger partial charge on any atom is -0.360 e. The van der Waals surface area contributed by atoms with E-state index >= 15 is 0 Å². The van der Waals surface area contributed by atoms with Crippen LogP contribution in [-0.4, -0.2) is 24.0 Å². The Balaban J connectivity index is 2.73. The molecular weight excluding hydrogens is 228 g/mol. The number of nitriles is 1. The lowest BCUT2D eigenvalue weighted by Crippen LogP contribution is -2.30. The van der Waals surface area contributed by atoms with Crippen molar-refractivity contribution in [2.24, 2.45) is 0 Å². The molecule has 0 spiro atoms. The first-order valence-electron chi connectivity index (χ1n) is 5.97. The number of nitrogens with one attached hydrogen (secondary N) is 2. The zero-order valence-corrected chi connectivity index (χ0v) is 11.0. The SMILES string of the molecule is CCCNC(=O)CNc1nc(C)cc(C)c1C#N. The van der Waals surface area contributed by atoms with Crippen LogP contribution in [-0.2, 0) is 4.79 Å². The topological polar surface area (TPSA) is 77.8 Å². The second-order valence-electron chi connectivity index (χ2n) is 4.12. The summed E-state index contributed by atoms with van der Waals surface area (Å²) in [6.07, 6.45) is 0.900. The Hall–Kier alpha value is -2.09. The molecule has 1 aromatic rings. The molecule has 2 N–H and O–H groups in total. The molecule has 0 aliphatic heterocycles. The maximum absolute atomic E-state index is 11.5. The first kappa shape index (κ1) is 14.0. The van der Waals surface area contributed by atoms with Crippen LogP contribution < -0.4 is 10.6 Å². The lowest BCUT2D eigenvalue weighted by molar-refractivity contribution is -0.119. The molecule has 0 fully saturated rings. The third-order valence-electron chi connectivity index (χ3n) is 2.45. The third-order valence-corrected chi connectivity index (χ3v) is 2.45. The number of nitrogens with zero attached hydrogens (tertiary/aromatic N) is 2. The highest BCUT2D eigenvalue weighted by Crippen LogP contribution is 2.16. The zero-order chi connectivity index (χ0) is 13.5. The molecule has 0 radical (unpaired) electrons. The van der Waals surface area contributed by atoms with Crippen molar-refractivity contribution < 1.29 is 4.79 Å². The number of pyridine rings is 1. The number of carbonyl (C=O) groups is 1. The van der Waals surface area contributed by atoms with Gasteiger partial charge in [0, 0.05) is 12.2 Å². The predicted molar refractivity (Wildman–Crippen MR) is 70.2 cm³/mol. The van der Waals surface area contributed by atoms with E-state index in [2.05, 4.69) is 21.7 Å². The lowest BCUT2D eigenvalue weighted by Gasteiger charge is -2.10. The van der Waals surface area contributed by atoms with Crippen LogP contribution in [0.15, 0.2) is 6.07 Å². The van der Waals surface area contributed by atoms with Crippen molar-refractivity contribution in [1.29, 1.82) is 5.26 Å². The van der Waals surface area contributed by atoms with Gasteiger partial charge in [0.1, 0.15) is 11.9 Å². The van der Waals surface area contributed by atoms with Crippen LogP contribution in [0.3, 0.4) is 0 Å². The largest absolute Gasteiger partial charge is 0.360 e. The second kappa shape index (κ2) is 6.60. The molecule has 96 valence electrons. The number of hydrogen-bond acceptors (Lipinski definition) is 4. The average molecular weight is 246 g/mol. The van der Waals surface area contributed by atoms with Crippen LogP contribution in [0.4, 0.5) is 5.82 Å². The Morgan fingerprint density at radius 2 is 2.22 bits per heavy atom. The third kappa shape index (κ3) is 3.74. The average Bonchev–Trinajstić information content (AvgIpc) is 2.33. The Labute approximate surface area is 107 Å². The summed E-state index contributed by atoms with van der Waals surface area (Å²) in [7, 11) is 0. The van der Waals surface area contributed by atoms with Crippen molar-refractivity contribution >= 4 is 11.7 Å². The first-order chi connectivity index (χ1) is 8.58. The molecule has 0 saturated heterocycles. The van der Waals surface area contributed by atoms with Crippen molar-refractivity contribution in [3.05, 3.63) is 22.9 Å². The summed E-state index contributed by atoms with van der Waals surface area (Å²) in [6.45, 7) is 6.50. The monoisotopic (exact) mass is 246 g/mol. The lowest BCUT2D eigenvalue weighted by atomic mass is 10.1. The highest BCUT2D eigenvalue weighted by Gasteiger charge is 2.09. The van der Waals surface area contributed by atoms with E-state index in [1.807, 2.05) is 26.8 Å². The van der Waals surface area contributed by atoms with Gasteiger partial charge in [-0.3, -0.25) is 4.79 Å². The van der Waals surface area contributed by atoms with Gasteiger partial charge in [0.05, 0.1) is 12.1 Å². The van der Waals surface area contributed by atoms with E-state index in [4.69, 9.17) is 5.26 Å². The zero-order valence-electron chi connectivity index (χ0n) is 11.0. The maximum atomic E-state index is 11.5. The number of carbonyl (C=O) groups excluding carboxylic acids is 1. The Kier molecular flexibility index (Phi) is 5.12. The predicted octanol–water partition coefficient (Wildman–Crippen LogP) is 1.51. The van der Waals surface area contributed by atoms with Gasteiger partial charge >= 0.3 is 0 Å². The fourth-order valence-electron chi connectivity index (χ4n) is 1.60. The molecule has 1 amide bonds. The molecule has 0 aliphatic carbocycles. The molecule has 5 heteroatoms. The molecule has 0 aromatic carbocycles. The highest BCUT2D eigenvalue weighted by molar-refractivity contribution is 5.80. The van der Waals surface area contributed by atoms with E-state index in [1.165, 1.54) is 0 Å². The summed E-state index contributed by atoms with van der Waals surface area (Å²) in [5.41, 5.74) is 2.17. The normalized spacial score (nSPS) is 9.67. The molecule has 0 unspecified atom stereocenters. The van der Waals surface area contributed by atoms with Crippen molar-refractivity contribution in [2.45, 2.75) is 27.2 Å². The standard InChI is InChI=1S/C13H18N4O/c1-4-5-15-12(18)8-16-13-11(7-14)9(2)6-10(3)17-13/h6H,4-5,8H2,1-3H3,(H,15,18)(H,16,17). The van der Waals surface area contributed by atoms with E-state index in [9.17, 15) is 4.79 Å². The smallest absolute Gasteiger partial charge is 0.239 e. The maximum Gasteiger partial charge on any atom is 0.239 e. The Morgan fingerprint density at radius 3 is 2.83 bits per heavy atom. The minimum atomic E-state index is -0.0956. The van der Waals surface area contributed by atoms with E-state index in [0.717, 1.165) is 17.7 Å². The summed E-state index contributed by atoms with van der Waals surface area (Å²) >= 11 is 0. The van der Waals surface area contributed by atoms with Crippen LogP contribution >= 0.6 is 0 Å². The Bertz CT molecular complexity index is 477. The first-order valence-corrected chi connectivity index (χ1v) is 5.97. The molecule has 0 atom stereocenters. The van der Waals surface area contributed by atoms with E-state index in [1.54, 1.807) is 0 Å². The molecule has 0 saturated carbocycles. The van der Waals surface area contributed by atoms with Crippen molar-refractivity contribution in [1.82, 2.24) is 10.3 Å². The molecular formula is C13H18N4O. The van der Waals surface area contributed by atoms with Gasteiger partial charge in [-0.15, -0.1) is 0 Å². The van der Waals surface area contributed by atoms with Gasteiger partial charge in [-0.25, -0.2) is 4.98 Å². The van der Waals surface area contributed by atoms with Gasteiger partial charge in [-0.05, 0) is 31.9 Å². The molecule has 0 bridgehead atoms. The molecule has 1 aromatic heterocycles. The number of rotatable bonds is 5. The van der Waals surface area contributed by atoms with Crippen molar-refractivity contribution in [2.75, 3.05) is 18.4 Å². The van der Waals surface area contributed by atoms with E-state index < -0.39 is 0 Å². The molecule has 1 heterocycles. The van der Waals surface area contributed by atoms with Crippen LogP contribution in [0.5, 0.6) is 0 Å². The second-order valence-corrected chi connectivity index (χ2v) is 4.12. The molecule has 18 heavy (non-hydrogen) atoms. The van der Waals surface area contributed by atoms with Crippen molar-refractivity contribution in [3.8, 4) is 6.07 Å². The van der Waals surface area contributed by atoms with Gasteiger partial charge < -0.3 is 10.6 Å². The summed E-state index contributed by atoms with van der Waals surface area (Å²) in [4.78, 5) is 15.7. The highest BCUT2D eigenvalue weighted by atomic mass is 16.1. The quantitative estimate of drug-likeness (QED) is 0.825. The van der Waals surface area contributed by atoms with Gasteiger partial charge in [0.2, 0.25) is 5.91 Å². The molecule has 5 nitrogen and oxygen atoms in total. The van der Waals surface area contributed by atoms with Crippen LogP contribution in [0, 0.1) is 25.2 Å². The minimum absolute atomic E-state index is 0.0956. The summed E-state index contributed by atoms with van der Waals surface area (Å²) in [5, 5.41) is 14.7. The van der Waals surface area contributed by atoms with Gasteiger partial charge in [-0.1, -0.05) is 6.92 Å². The summed E-state index contributed by atoms with van der Waals surface area (Å²) in [5.74, 6) is 0.378. The fraction of sp³-hybridized carbons (Fsp3) is 0.462.